The van der Waals surface area contributed by atoms with E-state index in [1.54, 1.807) is 0 Å². The summed E-state index contributed by atoms with van der Waals surface area (Å²) in [5.74, 6) is -0.0408. The van der Waals surface area contributed by atoms with E-state index in [-0.39, 0.29) is 36.8 Å². The van der Waals surface area contributed by atoms with Gasteiger partial charge in [0.25, 0.3) is 0 Å². The summed E-state index contributed by atoms with van der Waals surface area (Å²) in [7, 11) is -5.15. The van der Waals surface area contributed by atoms with Crippen LogP contribution in [0.3, 0.4) is 0 Å². The summed E-state index contributed by atoms with van der Waals surface area (Å²) in [6, 6.07) is -0.486. The number of rotatable bonds is 6. The van der Waals surface area contributed by atoms with Crippen LogP contribution in [0.15, 0.2) is 0 Å². The maximum absolute atomic E-state index is 12.0. The molecule has 0 aliphatic carbocycles. The molecular weight excluding hydrogens is 302 g/mol. The quantitative estimate of drug-likeness (QED) is 0.681. The lowest BCUT2D eigenvalue weighted by molar-refractivity contribution is 0.181. The van der Waals surface area contributed by atoms with Crippen molar-refractivity contribution < 1.29 is 21.6 Å². The fraction of sp³-hybridized carbons (Fsp3) is 1.00. The molecule has 108 valence electrons. The molecule has 0 spiro atoms. The molecule has 0 aromatic carbocycles. The molecule has 1 unspecified atom stereocenters. The van der Waals surface area contributed by atoms with Gasteiger partial charge in [-0.15, -0.1) is 11.6 Å². The first kappa shape index (κ1) is 16.2. The van der Waals surface area contributed by atoms with Crippen molar-refractivity contribution in [3.8, 4) is 0 Å². The molecule has 0 aromatic heterocycles. The normalized spacial score (nSPS) is 22.8. The highest BCUT2D eigenvalue weighted by molar-refractivity contribution is 7.92. The third-order valence-electron chi connectivity index (χ3n) is 2.83. The number of hydrogen-bond donors (Lipinski definition) is 1. The van der Waals surface area contributed by atoms with Crippen LogP contribution in [0.1, 0.15) is 12.8 Å². The van der Waals surface area contributed by atoms with Crippen molar-refractivity contribution in [1.82, 2.24) is 4.72 Å². The fourth-order valence-corrected chi connectivity index (χ4v) is 5.53. The molecule has 0 radical (unpaired) electrons. The van der Waals surface area contributed by atoms with Crippen LogP contribution in [0.4, 0.5) is 0 Å². The van der Waals surface area contributed by atoms with Gasteiger partial charge in [-0.05, 0) is 12.8 Å². The Morgan fingerprint density at radius 1 is 1.39 bits per heavy atom. The highest BCUT2D eigenvalue weighted by Crippen LogP contribution is 2.19. The van der Waals surface area contributed by atoms with Crippen LogP contribution < -0.4 is 4.72 Å². The average molecular weight is 320 g/mol. The van der Waals surface area contributed by atoms with Crippen LogP contribution in [0.5, 0.6) is 0 Å². The minimum Gasteiger partial charge on any atom is -0.383 e. The molecule has 9 heteroatoms. The van der Waals surface area contributed by atoms with Gasteiger partial charge in [0.1, 0.15) is 9.84 Å². The lowest BCUT2D eigenvalue weighted by Gasteiger charge is -2.24. The summed E-state index contributed by atoms with van der Waals surface area (Å²) in [5, 5.41) is -0.663. The Kier molecular flexibility index (Phi) is 5.85. The van der Waals surface area contributed by atoms with Crippen LogP contribution in [0.25, 0.3) is 0 Å². The Morgan fingerprint density at radius 2 is 1.94 bits per heavy atom. The fourth-order valence-electron chi connectivity index (χ4n) is 1.82. The van der Waals surface area contributed by atoms with Gasteiger partial charge in [-0.2, -0.15) is 0 Å². The second kappa shape index (κ2) is 6.51. The van der Waals surface area contributed by atoms with Crippen molar-refractivity contribution in [2.75, 3.05) is 31.1 Å². The molecule has 1 aliphatic rings. The lowest BCUT2D eigenvalue weighted by Crippen LogP contribution is -2.46. The summed E-state index contributed by atoms with van der Waals surface area (Å²) in [4.78, 5) is 0. The van der Waals surface area contributed by atoms with E-state index in [9.17, 15) is 16.8 Å². The number of sulfonamides is 1. The van der Waals surface area contributed by atoms with Crippen molar-refractivity contribution in [1.29, 1.82) is 0 Å². The van der Waals surface area contributed by atoms with Gasteiger partial charge >= 0.3 is 0 Å². The van der Waals surface area contributed by atoms with E-state index >= 15 is 0 Å². The maximum Gasteiger partial charge on any atom is 0.214 e. The topological polar surface area (TPSA) is 89.5 Å². The molecular formula is C9H18ClNO5S2. The highest BCUT2D eigenvalue weighted by atomic mass is 35.5. The molecule has 1 heterocycles. The number of nitrogens with one attached hydrogen (secondary N) is 1. The first-order valence-electron chi connectivity index (χ1n) is 5.57. The number of hydrogen-bond acceptors (Lipinski definition) is 5. The van der Waals surface area contributed by atoms with E-state index in [1.807, 2.05) is 0 Å². The SMILES string of the molecule is COCC(CCl)NS(=O)(=O)C1CCS(=O)(=O)CC1. The average Bonchev–Trinajstić information content (AvgIpc) is 2.27. The van der Waals surface area contributed by atoms with E-state index in [1.165, 1.54) is 7.11 Å². The smallest absolute Gasteiger partial charge is 0.214 e. The zero-order valence-electron chi connectivity index (χ0n) is 10.1. The predicted octanol–water partition coefficient (Wildman–Crippen LogP) is -0.263. The molecule has 0 bridgehead atoms. The van der Waals surface area contributed by atoms with E-state index in [2.05, 4.69) is 4.72 Å². The molecule has 1 atom stereocenters. The van der Waals surface area contributed by atoms with E-state index in [4.69, 9.17) is 16.3 Å². The van der Waals surface area contributed by atoms with Gasteiger partial charge in [0.05, 0.1) is 29.4 Å². The van der Waals surface area contributed by atoms with Crippen LogP contribution in [-0.2, 0) is 24.6 Å². The Balaban J connectivity index is 2.64. The van der Waals surface area contributed by atoms with Gasteiger partial charge in [-0.1, -0.05) is 0 Å². The summed E-state index contributed by atoms with van der Waals surface area (Å²) in [5.41, 5.74) is 0. The molecule has 1 aliphatic heterocycles. The number of ether oxygens (including phenoxy) is 1. The van der Waals surface area contributed by atoms with Gasteiger partial charge < -0.3 is 4.74 Å². The molecule has 1 saturated heterocycles. The maximum atomic E-state index is 12.0. The zero-order valence-corrected chi connectivity index (χ0v) is 12.5. The molecule has 6 nitrogen and oxygen atoms in total. The number of alkyl halides is 1. The van der Waals surface area contributed by atoms with Crippen molar-refractivity contribution in [3.63, 3.8) is 0 Å². The molecule has 1 rings (SSSR count). The molecule has 0 saturated carbocycles. The molecule has 1 fully saturated rings. The van der Waals surface area contributed by atoms with Crippen LogP contribution in [-0.4, -0.2) is 59.2 Å². The first-order valence-corrected chi connectivity index (χ1v) is 9.47. The summed E-state index contributed by atoms with van der Waals surface area (Å²) in [6.07, 6.45) is 0.277. The third-order valence-corrected chi connectivity index (χ3v) is 6.92. The number of halogens is 1. The van der Waals surface area contributed by atoms with Gasteiger partial charge in [0.2, 0.25) is 10.0 Å². The van der Waals surface area contributed by atoms with Crippen LogP contribution in [0, 0.1) is 0 Å². The van der Waals surface area contributed by atoms with Crippen LogP contribution in [0.2, 0.25) is 0 Å². The summed E-state index contributed by atoms with van der Waals surface area (Å²) >= 11 is 5.63. The Morgan fingerprint density at radius 3 is 2.39 bits per heavy atom. The Labute approximate surface area is 113 Å². The third kappa shape index (κ3) is 4.65. The highest BCUT2D eigenvalue weighted by Gasteiger charge is 2.33. The van der Waals surface area contributed by atoms with E-state index < -0.39 is 31.2 Å². The van der Waals surface area contributed by atoms with Gasteiger partial charge in [0, 0.05) is 13.0 Å². The summed E-state index contributed by atoms with van der Waals surface area (Å²) < 4.78 is 53.9. The second-order valence-corrected chi connectivity index (χ2v) is 8.93. The van der Waals surface area contributed by atoms with Gasteiger partial charge in [0.15, 0.2) is 0 Å². The standard InChI is InChI=1S/C9H18ClNO5S2/c1-16-7-8(6-10)11-18(14,15)9-2-4-17(12,13)5-3-9/h8-9,11H,2-7H2,1H3. The first-order chi connectivity index (χ1) is 8.30. The minimum absolute atomic E-state index is 0.0750. The minimum atomic E-state index is -3.55. The van der Waals surface area contributed by atoms with Crippen molar-refractivity contribution >= 4 is 31.5 Å². The Bertz CT molecular complexity index is 447. The van der Waals surface area contributed by atoms with Crippen molar-refractivity contribution in [3.05, 3.63) is 0 Å². The molecule has 0 amide bonds. The molecule has 18 heavy (non-hydrogen) atoms. The second-order valence-electron chi connectivity index (χ2n) is 4.32. The van der Waals surface area contributed by atoms with Gasteiger partial charge in [-0.25, -0.2) is 21.6 Å². The predicted molar refractivity (Wildman–Crippen MR) is 70.1 cm³/mol. The lowest BCUT2D eigenvalue weighted by atomic mass is 10.2. The largest absolute Gasteiger partial charge is 0.383 e. The zero-order chi connectivity index (χ0) is 13.8. The Hall–Kier alpha value is 0.110. The van der Waals surface area contributed by atoms with E-state index in [0.717, 1.165) is 0 Å². The number of methoxy groups -OCH3 is 1. The molecule has 1 N–H and O–H groups in total. The van der Waals surface area contributed by atoms with Crippen LogP contribution >= 0.6 is 11.6 Å². The van der Waals surface area contributed by atoms with Crippen molar-refractivity contribution in [2.45, 2.75) is 24.1 Å². The van der Waals surface area contributed by atoms with Crippen molar-refractivity contribution in [2.24, 2.45) is 0 Å². The van der Waals surface area contributed by atoms with Gasteiger partial charge in [-0.3, -0.25) is 0 Å². The monoisotopic (exact) mass is 319 g/mol. The number of sulfone groups is 1. The summed E-state index contributed by atoms with van der Waals surface area (Å²) in [6.45, 7) is 0.188. The van der Waals surface area contributed by atoms with E-state index in [0.29, 0.717) is 0 Å². The molecule has 0 aromatic rings.